The van der Waals surface area contributed by atoms with Crippen molar-refractivity contribution in [3.05, 3.63) is 58.3 Å². The summed E-state index contributed by atoms with van der Waals surface area (Å²) in [6.07, 6.45) is 0. The molecule has 21 heavy (non-hydrogen) atoms. The third kappa shape index (κ3) is 4.46. The summed E-state index contributed by atoms with van der Waals surface area (Å²) in [5.74, 6) is 1.03. The van der Waals surface area contributed by atoms with Gasteiger partial charge < -0.3 is 10.1 Å². The molecule has 0 amide bonds. The summed E-state index contributed by atoms with van der Waals surface area (Å²) in [6.45, 7) is 0. The van der Waals surface area contributed by atoms with E-state index in [9.17, 15) is 4.39 Å². The maximum absolute atomic E-state index is 14.1. The third-order valence-corrected chi connectivity index (χ3v) is 4.72. The molecule has 0 aliphatic carbocycles. The van der Waals surface area contributed by atoms with Gasteiger partial charge in [0.05, 0.1) is 7.11 Å². The van der Waals surface area contributed by atoms with Crippen LogP contribution in [0.1, 0.15) is 11.6 Å². The van der Waals surface area contributed by atoms with Gasteiger partial charge in [0.1, 0.15) is 11.6 Å². The molecule has 0 bridgehead atoms. The maximum Gasteiger partial charge on any atom is 0.131 e. The van der Waals surface area contributed by atoms with Crippen molar-refractivity contribution in [1.29, 1.82) is 0 Å². The Bertz CT molecular complexity index is 609. The van der Waals surface area contributed by atoms with E-state index >= 15 is 0 Å². The highest BCUT2D eigenvalue weighted by Gasteiger charge is 2.15. The fourth-order valence-corrected chi connectivity index (χ4v) is 3.62. The first-order valence-corrected chi connectivity index (χ1v) is 8.31. The van der Waals surface area contributed by atoms with Crippen LogP contribution in [0.5, 0.6) is 5.75 Å². The predicted octanol–water partition coefficient (Wildman–Crippen LogP) is 4.65. The molecule has 0 radical (unpaired) electrons. The van der Waals surface area contributed by atoms with Gasteiger partial charge in [-0.3, -0.25) is 0 Å². The molecule has 2 rings (SSSR count). The van der Waals surface area contributed by atoms with Crippen LogP contribution >= 0.6 is 27.7 Å². The molecule has 2 aromatic carbocycles. The van der Waals surface area contributed by atoms with Crippen LogP contribution in [0, 0.1) is 5.82 Å². The van der Waals surface area contributed by atoms with E-state index < -0.39 is 0 Å². The Morgan fingerprint density at radius 3 is 2.71 bits per heavy atom. The third-order valence-electron chi connectivity index (χ3n) is 3.14. The molecule has 0 aliphatic heterocycles. The summed E-state index contributed by atoms with van der Waals surface area (Å²) in [6, 6.07) is 13.0. The molecule has 112 valence electrons. The lowest BCUT2D eigenvalue weighted by molar-refractivity contribution is 0.410. The monoisotopic (exact) mass is 369 g/mol. The lowest BCUT2D eigenvalue weighted by Crippen LogP contribution is -2.20. The van der Waals surface area contributed by atoms with Crippen LogP contribution in [-0.4, -0.2) is 19.9 Å². The first kappa shape index (κ1) is 16.3. The molecule has 1 N–H and O–H groups in total. The van der Waals surface area contributed by atoms with Crippen LogP contribution in [0.3, 0.4) is 0 Å². The Morgan fingerprint density at radius 2 is 2.10 bits per heavy atom. The normalized spacial score (nSPS) is 12.2. The van der Waals surface area contributed by atoms with E-state index in [0.717, 1.165) is 15.1 Å². The average molecular weight is 370 g/mol. The molecule has 0 saturated heterocycles. The van der Waals surface area contributed by atoms with Gasteiger partial charge in [0.15, 0.2) is 0 Å². The number of hydrogen-bond acceptors (Lipinski definition) is 3. The lowest BCUT2D eigenvalue weighted by Gasteiger charge is -2.17. The quantitative estimate of drug-likeness (QED) is 0.748. The average Bonchev–Trinajstić information content (AvgIpc) is 2.49. The number of benzene rings is 2. The SMILES string of the molecule is CNC(CSc1cccc(Br)c1)c1ccc(OC)cc1F. The van der Waals surface area contributed by atoms with Crippen molar-refractivity contribution < 1.29 is 9.13 Å². The molecule has 0 spiro atoms. The second-order valence-corrected chi connectivity index (χ2v) is 6.51. The van der Waals surface area contributed by atoms with E-state index in [-0.39, 0.29) is 11.9 Å². The number of hydrogen-bond donors (Lipinski definition) is 1. The molecule has 2 aromatic rings. The summed E-state index contributed by atoms with van der Waals surface area (Å²) in [5, 5.41) is 3.17. The molecular formula is C16H17BrFNOS. The largest absolute Gasteiger partial charge is 0.497 e. The minimum atomic E-state index is -0.247. The van der Waals surface area contributed by atoms with Crippen molar-refractivity contribution in [3.63, 3.8) is 0 Å². The van der Waals surface area contributed by atoms with E-state index in [2.05, 4.69) is 27.3 Å². The van der Waals surface area contributed by atoms with Gasteiger partial charge in [0, 0.05) is 32.8 Å². The Labute approximate surface area is 137 Å². The van der Waals surface area contributed by atoms with E-state index in [0.29, 0.717) is 11.3 Å². The highest BCUT2D eigenvalue weighted by atomic mass is 79.9. The summed E-state index contributed by atoms with van der Waals surface area (Å²) in [7, 11) is 3.38. The van der Waals surface area contributed by atoms with Crippen molar-refractivity contribution >= 4 is 27.7 Å². The highest BCUT2D eigenvalue weighted by Crippen LogP contribution is 2.29. The second-order valence-electron chi connectivity index (χ2n) is 4.50. The van der Waals surface area contributed by atoms with Gasteiger partial charge in [-0.1, -0.05) is 28.1 Å². The van der Waals surface area contributed by atoms with E-state index in [1.807, 2.05) is 25.2 Å². The fraction of sp³-hybridized carbons (Fsp3) is 0.250. The number of nitrogens with one attached hydrogen (secondary N) is 1. The van der Waals surface area contributed by atoms with Gasteiger partial charge in [-0.05, 0) is 31.3 Å². The zero-order valence-electron chi connectivity index (χ0n) is 11.9. The predicted molar refractivity (Wildman–Crippen MR) is 89.6 cm³/mol. The van der Waals surface area contributed by atoms with Gasteiger partial charge in [-0.15, -0.1) is 11.8 Å². The van der Waals surface area contributed by atoms with Crippen molar-refractivity contribution in [2.45, 2.75) is 10.9 Å². The van der Waals surface area contributed by atoms with Crippen LogP contribution in [0.2, 0.25) is 0 Å². The highest BCUT2D eigenvalue weighted by molar-refractivity contribution is 9.10. The van der Waals surface area contributed by atoms with Crippen molar-refractivity contribution in [3.8, 4) is 5.75 Å². The molecule has 0 fully saturated rings. The number of ether oxygens (including phenoxy) is 1. The minimum absolute atomic E-state index is 0.0557. The first-order valence-electron chi connectivity index (χ1n) is 6.53. The summed E-state index contributed by atoms with van der Waals surface area (Å²) in [4.78, 5) is 1.15. The van der Waals surface area contributed by atoms with Crippen molar-refractivity contribution in [1.82, 2.24) is 5.32 Å². The summed E-state index contributed by atoms with van der Waals surface area (Å²) >= 11 is 5.15. The smallest absolute Gasteiger partial charge is 0.131 e. The van der Waals surface area contributed by atoms with Crippen LogP contribution < -0.4 is 10.1 Å². The number of halogens is 2. The van der Waals surface area contributed by atoms with Gasteiger partial charge in [0.2, 0.25) is 0 Å². The first-order chi connectivity index (χ1) is 10.1. The van der Waals surface area contributed by atoms with Crippen molar-refractivity contribution in [2.75, 3.05) is 19.9 Å². The van der Waals surface area contributed by atoms with E-state index in [4.69, 9.17) is 4.74 Å². The molecule has 1 atom stereocenters. The van der Waals surface area contributed by atoms with Crippen LogP contribution in [0.25, 0.3) is 0 Å². The molecule has 2 nitrogen and oxygen atoms in total. The maximum atomic E-state index is 14.1. The molecule has 5 heteroatoms. The van der Waals surface area contributed by atoms with Crippen LogP contribution in [0.15, 0.2) is 51.8 Å². The van der Waals surface area contributed by atoms with Gasteiger partial charge >= 0.3 is 0 Å². The molecular weight excluding hydrogens is 353 g/mol. The zero-order valence-corrected chi connectivity index (χ0v) is 14.3. The molecule has 0 heterocycles. The standard InChI is InChI=1S/C16H17BrFNOS/c1-19-16(10-21-13-5-3-4-11(17)8-13)14-7-6-12(20-2)9-15(14)18/h3-9,16,19H,10H2,1-2H3. The molecule has 0 saturated carbocycles. The molecule has 0 aliphatic rings. The van der Waals surface area contributed by atoms with E-state index in [1.165, 1.54) is 13.2 Å². The van der Waals surface area contributed by atoms with Crippen LogP contribution in [-0.2, 0) is 0 Å². The second kappa shape index (κ2) is 7.82. The Morgan fingerprint density at radius 1 is 1.29 bits per heavy atom. The molecule has 0 aromatic heterocycles. The topological polar surface area (TPSA) is 21.3 Å². The van der Waals surface area contributed by atoms with Crippen LogP contribution in [0.4, 0.5) is 4.39 Å². The number of thioether (sulfide) groups is 1. The van der Waals surface area contributed by atoms with Gasteiger partial charge in [-0.2, -0.15) is 0 Å². The summed E-state index contributed by atoms with van der Waals surface area (Å²) < 4.78 is 20.2. The van der Waals surface area contributed by atoms with Gasteiger partial charge in [0.25, 0.3) is 0 Å². The minimum Gasteiger partial charge on any atom is -0.497 e. The van der Waals surface area contributed by atoms with Gasteiger partial charge in [-0.25, -0.2) is 4.39 Å². The van der Waals surface area contributed by atoms with E-state index in [1.54, 1.807) is 23.9 Å². The lowest BCUT2D eigenvalue weighted by atomic mass is 10.1. The zero-order chi connectivity index (χ0) is 15.2. The van der Waals surface area contributed by atoms with Crippen molar-refractivity contribution in [2.24, 2.45) is 0 Å². The Kier molecular flexibility index (Phi) is 6.08. The fourth-order valence-electron chi connectivity index (χ4n) is 1.98. The number of methoxy groups -OCH3 is 1. The Hall–Kier alpha value is -1.04. The Balaban J connectivity index is 2.09. The molecule has 1 unspecified atom stereocenters. The number of rotatable bonds is 6. The summed E-state index contributed by atoms with van der Waals surface area (Å²) in [5.41, 5.74) is 0.654.